The van der Waals surface area contributed by atoms with E-state index >= 15 is 0 Å². The van der Waals surface area contributed by atoms with E-state index in [4.69, 9.17) is 9.47 Å². The van der Waals surface area contributed by atoms with Crippen molar-refractivity contribution in [1.29, 1.82) is 0 Å². The minimum atomic E-state index is -0.536. The third-order valence-electron chi connectivity index (χ3n) is 5.30. The molecule has 4 rings (SSSR count). The van der Waals surface area contributed by atoms with Crippen LogP contribution in [0.25, 0.3) is 16.9 Å². The number of para-hydroxylation sites is 2. The van der Waals surface area contributed by atoms with Crippen LogP contribution in [0, 0.1) is 6.92 Å². The molecule has 0 unspecified atom stereocenters. The number of benzene rings is 2. The number of esters is 1. The Labute approximate surface area is 179 Å². The van der Waals surface area contributed by atoms with Gasteiger partial charge in [-0.25, -0.2) is 4.79 Å². The molecule has 0 fully saturated rings. The molecule has 2 aromatic rings. The van der Waals surface area contributed by atoms with Crippen molar-refractivity contribution in [3.8, 4) is 22.7 Å². The summed E-state index contributed by atoms with van der Waals surface area (Å²) in [4.78, 5) is 25.7. The molecule has 0 bridgehead atoms. The molecule has 0 radical (unpaired) electrons. The zero-order valence-electron chi connectivity index (χ0n) is 17.7. The van der Waals surface area contributed by atoms with Crippen molar-refractivity contribution >= 4 is 5.97 Å². The van der Waals surface area contributed by atoms with Gasteiger partial charge in [-0.2, -0.15) is 9.78 Å². The summed E-state index contributed by atoms with van der Waals surface area (Å²) >= 11 is 0. The summed E-state index contributed by atoms with van der Waals surface area (Å²) in [5.41, 5.74) is 3.30. The topological polar surface area (TPSA) is 75.3 Å². The fourth-order valence-electron chi connectivity index (χ4n) is 3.67. The molecule has 0 aliphatic carbocycles. The molecule has 0 amide bonds. The van der Waals surface area contributed by atoms with E-state index in [0.717, 1.165) is 16.9 Å². The van der Waals surface area contributed by atoms with Crippen LogP contribution in [0.1, 0.15) is 21.5 Å². The van der Waals surface area contributed by atoms with Crippen LogP contribution in [0.5, 0.6) is 5.75 Å². The lowest BCUT2D eigenvalue weighted by Gasteiger charge is -2.13. The number of hydrogen-bond donors (Lipinski definition) is 0. The first-order chi connectivity index (χ1) is 15.0. The predicted molar refractivity (Wildman–Crippen MR) is 117 cm³/mol. The normalized spacial score (nSPS) is 10.9. The molecule has 2 aromatic carbocycles. The maximum absolute atomic E-state index is 13.2. The Morgan fingerprint density at radius 2 is 1.77 bits per heavy atom. The smallest absolute Gasteiger partial charge is 0.341 e. The number of carbonyl (C=O) groups excluding carboxylic acids is 1. The maximum Gasteiger partial charge on any atom is 0.341 e. The van der Waals surface area contributed by atoms with Crippen LogP contribution in [0.3, 0.4) is 0 Å². The van der Waals surface area contributed by atoms with Gasteiger partial charge in [0.1, 0.15) is 17.0 Å². The van der Waals surface area contributed by atoms with Crippen molar-refractivity contribution < 1.29 is 14.3 Å². The second kappa shape index (κ2) is 8.47. The summed E-state index contributed by atoms with van der Waals surface area (Å²) in [6, 6.07) is 15.3. The molecule has 0 aromatic heterocycles. The summed E-state index contributed by atoms with van der Waals surface area (Å²) < 4.78 is 13.5. The molecule has 0 saturated carbocycles. The number of hydrogen-bond acceptors (Lipinski definition) is 5. The van der Waals surface area contributed by atoms with Crippen LogP contribution in [0.15, 0.2) is 65.7 Å². The Hall–Kier alpha value is -3.87. The summed E-state index contributed by atoms with van der Waals surface area (Å²) in [7, 11) is 2.95. The van der Waals surface area contributed by atoms with Gasteiger partial charge in [0.15, 0.2) is 0 Å². The Kier molecular flexibility index (Phi) is 5.58. The highest BCUT2D eigenvalue weighted by Crippen LogP contribution is 2.25. The molecule has 2 aliphatic rings. The first kappa shape index (κ1) is 20.4. The number of pyridine rings is 1. The third kappa shape index (κ3) is 3.82. The monoisotopic (exact) mass is 417 g/mol. The number of nitrogens with zero attached hydrogens (tertiary/aromatic N) is 3. The van der Waals surface area contributed by atoms with Crippen molar-refractivity contribution in [3.05, 3.63) is 88.0 Å². The van der Waals surface area contributed by atoms with Crippen molar-refractivity contribution in [2.45, 2.75) is 19.9 Å². The van der Waals surface area contributed by atoms with Gasteiger partial charge in [-0.1, -0.05) is 36.4 Å². The Morgan fingerprint density at radius 3 is 2.52 bits per heavy atom. The third-order valence-corrected chi connectivity index (χ3v) is 5.30. The van der Waals surface area contributed by atoms with Gasteiger partial charge in [0.25, 0.3) is 5.56 Å². The van der Waals surface area contributed by atoms with Crippen LogP contribution >= 0.6 is 0 Å². The molecular weight excluding hydrogens is 394 g/mol. The van der Waals surface area contributed by atoms with Crippen molar-refractivity contribution in [2.75, 3.05) is 14.2 Å². The van der Waals surface area contributed by atoms with Crippen molar-refractivity contribution in [3.63, 3.8) is 0 Å². The van der Waals surface area contributed by atoms with Gasteiger partial charge in [-0.15, -0.1) is 0 Å². The summed E-state index contributed by atoms with van der Waals surface area (Å²) in [6.45, 7) is 2.46. The fourth-order valence-corrected chi connectivity index (χ4v) is 3.67. The quantitative estimate of drug-likeness (QED) is 0.449. The molecule has 0 spiro atoms. The lowest BCUT2D eigenvalue weighted by Crippen LogP contribution is -2.16. The zero-order valence-corrected chi connectivity index (χ0v) is 17.7. The van der Waals surface area contributed by atoms with Crippen LogP contribution in [0.2, 0.25) is 0 Å². The molecule has 7 nitrogen and oxygen atoms in total. The number of aromatic nitrogens is 3. The molecular formula is C24H23N3O4. The summed E-state index contributed by atoms with van der Waals surface area (Å²) in [6.07, 6.45) is 4.08. The highest BCUT2D eigenvalue weighted by molar-refractivity contribution is 5.96. The van der Waals surface area contributed by atoms with Gasteiger partial charge in [0.05, 0.1) is 25.5 Å². The Bertz CT molecular complexity index is 1270. The Morgan fingerprint density at radius 1 is 1.03 bits per heavy atom. The molecule has 31 heavy (non-hydrogen) atoms. The fraction of sp³-hybridized carbons (Fsp3) is 0.208. The summed E-state index contributed by atoms with van der Waals surface area (Å²) in [5.74, 6) is 0.264. The van der Waals surface area contributed by atoms with E-state index in [-0.39, 0.29) is 11.1 Å². The molecule has 158 valence electrons. The minimum absolute atomic E-state index is 0.254. The molecule has 7 heteroatoms. The van der Waals surface area contributed by atoms with Crippen LogP contribution in [0.4, 0.5) is 0 Å². The van der Waals surface area contributed by atoms with Gasteiger partial charge in [-0.05, 0) is 36.6 Å². The number of methoxy groups -OCH3 is 2. The molecule has 0 N–H and O–H groups in total. The first-order valence-electron chi connectivity index (χ1n) is 9.92. The predicted octanol–water partition coefficient (Wildman–Crippen LogP) is 3.49. The van der Waals surface area contributed by atoms with E-state index in [9.17, 15) is 9.59 Å². The standard InChI is InChI=1S/C24H23N3O4/c1-16-8-4-6-10-20(16)27-23(28)18-14-26(15-19(22(18)25-27)24(29)31-3)13-12-17-9-5-7-11-21(17)30-2/h4-11,14-15H,12-13H2,1-3H3. The van der Waals surface area contributed by atoms with Crippen molar-refractivity contribution in [2.24, 2.45) is 0 Å². The number of fused-ring (bicyclic) bond motifs is 1. The van der Waals surface area contributed by atoms with Gasteiger partial charge in [0, 0.05) is 18.9 Å². The second-order valence-corrected chi connectivity index (χ2v) is 7.23. The SMILES string of the molecule is COC(=O)c1cn(CCc2ccccc2OC)cc2c(=O)n(-c3ccccc3C)nc1-2. The van der Waals surface area contributed by atoms with Crippen LogP contribution < -0.4 is 10.3 Å². The van der Waals surface area contributed by atoms with Gasteiger partial charge in [0.2, 0.25) is 0 Å². The second-order valence-electron chi connectivity index (χ2n) is 7.23. The molecule has 0 saturated heterocycles. The number of carbonyl (C=O) groups is 1. The van der Waals surface area contributed by atoms with Gasteiger partial charge >= 0.3 is 5.97 Å². The molecule has 0 atom stereocenters. The van der Waals surface area contributed by atoms with E-state index < -0.39 is 5.97 Å². The van der Waals surface area contributed by atoms with E-state index in [1.165, 1.54) is 11.8 Å². The lowest BCUT2D eigenvalue weighted by atomic mass is 10.1. The summed E-state index contributed by atoms with van der Waals surface area (Å²) in [5, 5.41) is 4.47. The van der Waals surface area contributed by atoms with E-state index in [2.05, 4.69) is 5.10 Å². The zero-order chi connectivity index (χ0) is 22.0. The van der Waals surface area contributed by atoms with E-state index in [0.29, 0.717) is 29.9 Å². The van der Waals surface area contributed by atoms with Gasteiger partial charge < -0.3 is 14.0 Å². The van der Waals surface area contributed by atoms with E-state index in [1.54, 1.807) is 19.5 Å². The number of ether oxygens (including phenoxy) is 2. The highest BCUT2D eigenvalue weighted by atomic mass is 16.5. The largest absolute Gasteiger partial charge is 0.496 e. The maximum atomic E-state index is 13.2. The molecule has 2 heterocycles. The molecule has 2 aliphatic heterocycles. The van der Waals surface area contributed by atoms with Crippen molar-refractivity contribution in [1.82, 2.24) is 14.3 Å². The average molecular weight is 417 g/mol. The highest BCUT2D eigenvalue weighted by Gasteiger charge is 2.25. The van der Waals surface area contributed by atoms with E-state index in [1.807, 2.05) is 60.0 Å². The average Bonchev–Trinajstić information content (AvgIpc) is 3.13. The van der Waals surface area contributed by atoms with Gasteiger partial charge in [-0.3, -0.25) is 4.79 Å². The number of rotatable bonds is 6. The Balaban J connectivity index is 1.80. The van der Waals surface area contributed by atoms with Crippen LogP contribution in [-0.4, -0.2) is 34.5 Å². The van der Waals surface area contributed by atoms with Crippen LogP contribution in [-0.2, 0) is 17.7 Å². The number of aryl methyl sites for hydroxylation is 3. The minimum Gasteiger partial charge on any atom is -0.496 e. The lowest BCUT2D eigenvalue weighted by molar-refractivity contribution is 0.0600. The first-order valence-corrected chi connectivity index (χ1v) is 9.92.